The number of para-hydroxylation sites is 1. The van der Waals surface area contributed by atoms with Gasteiger partial charge in [-0.2, -0.15) is 0 Å². The van der Waals surface area contributed by atoms with Crippen molar-refractivity contribution in [2.24, 2.45) is 0 Å². The first kappa shape index (κ1) is 15.9. The Bertz CT molecular complexity index is 860. The fraction of sp³-hybridized carbons (Fsp3) is 0.364. The summed E-state index contributed by atoms with van der Waals surface area (Å²) in [5.41, 5.74) is 4.84. The predicted molar refractivity (Wildman–Crippen MR) is 100 cm³/mol. The van der Waals surface area contributed by atoms with E-state index in [9.17, 15) is 5.11 Å². The standard InChI is InChI=1S/C22H23NO3/c24-21-17-5-2-1-4-16(17)14-19(21)23-10-8-15(9-11-23)18-6-3-7-20-22(18)26-13-12-25-20/h1-8,19,21,24H,9-14H2/t19-,21-/m1/s1. The third-order valence-electron chi connectivity index (χ3n) is 5.79. The zero-order chi connectivity index (χ0) is 17.5. The average molecular weight is 349 g/mol. The lowest BCUT2D eigenvalue weighted by Crippen LogP contribution is -2.40. The first-order chi connectivity index (χ1) is 12.8. The van der Waals surface area contributed by atoms with Crippen LogP contribution in [0, 0.1) is 0 Å². The van der Waals surface area contributed by atoms with Crippen molar-refractivity contribution in [1.29, 1.82) is 0 Å². The van der Waals surface area contributed by atoms with Crippen LogP contribution >= 0.6 is 0 Å². The molecule has 3 aliphatic rings. The fourth-order valence-corrected chi connectivity index (χ4v) is 4.44. The number of hydrogen-bond donors (Lipinski definition) is 1. The third kappa shape index (κ3) is 2.61. The highest BCUT2D eigenvalue weighted by Gasteiger charge is 2.35. The highest BCUT2D eigenvalue weighted by molar-refractivity contribution is 5.74. The van der Waals surface area contributed by atoms with Gasteiger partial charge < -0.3 is 14.6 Å². The van der Waals surface area contributed by atoms with Crippen LogP contribution in [-0.4, -0.2) is 42.4 Å². The quantitative estimate of drug-likeness (QED) is 0.904. The van der Waals surface area contributed by atoms with E-state index in [0.717, 1.165) is 48.6 Å². The summed E-state index contributed by atoms with van der Waals surface area (Å²) < 4.78 is 11.6. The van der Waals surface area contributed by atoms with E-state index < -0.39 is 0 Å². The molecule has 0 saturated heterocycles. The number of ether oxygens (including phenoxy) is 2. The molecule has 26 heavy (non-hydrogen) atoms. The molecule has 4 heteroatoms. The van der Waals surface area contributed by atoms with Crippen LogP contribution in [0.2, 0.25) is 0 Å². The van der Waals surface area contributed by atoms with E-state index in [0.29, 0.717) is 13.2 Å². The van der Waals surface area contributed by atoms with Gasteiger partial charge in [-0.3, -0.25) is 4.90 Å². The number of aliphatic hydroxyl groups is 1. The van der Waals surface area contributed by atoms with Crippen molar-refractivity contribution in [3.63, 3.8) is 0 Å². The summed E-state index contributed by atoms with van der Waals surface area (Å²) in [6.45, 7) is 3.03. The summed E-state index contributed by atoms with van der Waals surface area (Å²) in [4.78, 5) is 2.40. The van der Waals surface area contributed by atoms with Gasteiger partial charge in [-0.15, -0.1) is 0 Å². The Hall–Kier alpha value is -2.30. The van der Waals surface area contributed by atoms with Crippen LogP contribution in [0.3, 0.4) is 0 Å². The Morgan fingerprint density at radius 3 is 2.73 bits per heavy atom. The Kier molecular flexibility index (Phi) is 3.95. The van der Waals surface area contributed by atoms with Crippen molar-refractivity contribution in [2.75, 3.05) is 26.3 Å². The van der Waals surface area contributed by atoms with Crippen LogP contribution in [0.1, 0.15) is 29.2 Å². The number of hydrogen-bond acceptors (Lipinski definition) is 4. The normalized spacial score (nSPS) is 24.9. The molecule has 1 aliphatic carbocycles. The molecule has 0 aromatic heterocycles. The van der Waals surface area contributed by atoms with E-state index in [1.54, 1.807) is 0 Å². The number of benzene rings is 2. The van der Waals surface area contributed by atoms with Gasteiger partial charge in [-0.25, -0.2) is 0 Å². The minimum absolute atomic E-state index is 0.175. The summed E-state index contributed by atoms with van der Waals surface area (Å²) in [6.07, 6.45) is 3.78. The summed E-state index contributed by atoms with van der Waals surface area (Å²) in [5, 5.41) is 10.7. The van der Waals surface area contributed by atoms with Gasteiger partial charge in [0.15, 0.2) is 11.5 Å². The lowest BCUT2D eigenvalue weighted by atomic mass is 9.96. The molecule has 0 unspecified atom stereocenters. The molecule has 2 heterocycles. The molecule has 134 valence electrons. The average Bonchev–Trinajstić information content (AvgIpc) is 3.05. The largest absolute Gasteiger partial charge is 0.486 e. The molecule has 0 fully saturated rings. The van der Waals surface area contributed by atoms with Crippen molar-refractivity contribution >= 4 is 5.57 Å². The lowest BCUT2D eigenvalue weighted by Gasteiger charge is -2.34. The summed E-state index contributed by atoms with van der Waals surface area (Å²) >= 11 is 0. The van der Waals surface area contributed by atoms with Gasteiger partial charge in [0.05, 0.1) is 6.10 Å². The second kappa shape index (κ2) is 6.45. The molecule has 2 aliphatic heterocycles. The second-order valence-corrected chi connectivity index (χ2v) is 7.22. The molecule has 5 rings (SSSR count). The van der Waals surface area contributed by atoms with Gasteiger partial charge in [0, 0.05) is 24.7 Å². The zero-order valence-electron chi connectivity index (χ0n) is 14.7. The van der Waals surface area contributed by atoms with Gasteiger partial charge in [0.2, 0.25) is 0 Å². The molecule has 0 amide bonds. The van der Waals surface area contributed by atoms with Gasteiger partial charge in [0.1, 0.15) is 13.2 Å². The maximum absolute atomic E-state index is 10.7. The number of rotatable bonds is 2. The Balaban J connectivity index is 1.36. The van der Waals surface area contributed by atoms with Crippen LogP contribution in [0.15, 0.2) is 48.5 Å². The molecule has 0 saturated carbocycles. The number of nitrogens with zero attached hydrogens (tertiary/aromatic N) is 1. The van der Waals surface area contributed by atoms with E-state index in [-0.39, 0.29) is 12.1 Å². The van der Waals surface area contributed by atoms with Gasteiger partial charge >= 0.3 is 0 Å². The fourth-order valence-electron chi connectivity index (χ4n) is 4.44. The lowest BCUT2D eigenvalue weighted by molar-refractivity contribution is 0.0669. The molecular weight excluding hydrogens is 326 g/mol. The molecular formula is C22H23NO3. The van der Waals surface area contributed by atoms with Crippen LogP contribution < -0.4 is 9.47 Å². The van der Waals surface area contributed by atoms with Crippen molar-refractivity contribution in [2.45, 2.75) is 25.0 Å². The SMILES string of the molecule is O[C@@H]1c2ccccc2C[C@H]1N1CC=C(c2cccc3c2OCCO3)CC1. The maximum atomic E-state index is 10.7. The Morgan fingerprint density at radius 1 is 1.00 bits per heavy atom. The summed E-state index contributed by atoms with van der Waals surface area (Å²) in [7, 11) is 0. The molecule has 1 N–H and O–H groups in total. The molecule has 2 aromatic rings. The van der Waals surface area contributed by atoms with Crippen LogP contribution in [-0.2, 0) is 6.42 Å². The van der Waals surface area contributed by atoms with Crippen LogP contribution in [0.5, 0.6) is 11.5 Å². The molecule has 0 radical (unpaired) electrons. The minimum atomic E-state index is -0.387. The zero-order valence-corrected chi connectivity index (χ0v) is 14.7. The second-order valence-electron chi connectivity index (χ2n) is 7.22. The highest BCUT2D eigenvalue weighted by Crippen LogP contribution is 2.40. The van der Waals surface area contributed by atoms with Crippen molar-refractivity contribution in [3.8, 4) is 11.5 Å². The molecule has 4 nitrogen and oxygen atoms in total. The molecule has 0 bridgehead atoms. The van der Waals surface area contributed by atoms with Crippen LogP contribution in [0.4, 0.5) is 0 Å². The minimum Gasteiger partial charge on any atom is -0.486 e. The number of fused-ring (bicyclic) bond motifs is 2. The van der Waals surface area contributed by atoms with E-state index >= 15 is 0 Å². The van der Waals surface area contributed by atoms with Crippen LogP contribution in [0.25, 0.3) is 5.57 Å². The highest BCUT2D eigenvalue weighted by atomic mass is 16.6. The van der Waals surface area contributed by atoms with Crippen molar-refractivity contribution in [1.82, 2.24) is 4.90 Å². The third-order valence-corrected chi connectivity index (χ3v) is 5.79. The summed E-state index contributed by atoms with van der Waals surface area (Å²) in [6, 6.07) is 14.6. The Labute approximate surface area is 153 Å². The first-order valence-corrected chi connectivity index (χ1v) is 9.39. The van der Waals surface area contributed by atoms with E-state index in [2.05, 4.69) is 35.2 Å². The monoisotopic (exact) mass is 349 g/mol. The van der Waals surface area contributed by atoms with E-state index in [4.69, 9.17) is 9.47 Å². The Morgan fingerprint density at radius 2 is 1.88 bits per heavy atom. The van der Waals surface area contributed by atoms with E-state index in [1.807, 2.05) is 18.2 Å². The first-order valence-electron chi connectivity index (χ1n) is 9.39. The van der Waals surface area contributed by atoms with Crippen molar-refractivity contribution in [3.05, 3.63) is 65.2 Å². The number of aliphatic hydroxyl groups excluding tert-OH is 1. The van der Waals surface area contributed by atoms with Gasteiger partial charge in [0.25, 0.3) is 0 Å². The smallest absolute Gasteiger partial charge is 0.168 e. The topological polar surface area (TPSA) is 41.9 Å². The van der Waals surface area contributed by atoms with E-state index in [1.165, 1.54) is 11.1 Å². The van der Waals surface area contributed by atoms with Crippen molar-refractivity contribution < 1.29 is 14.6 Å². The molecule has 2 aromatic carbocycles. The molecule has 2 atom stereocenters. The predicted octanol–water partition coefficient (Wildman–Crippen LogP) is 3.21. The van der Waals surface area contributed by atoms with Gasteiger partial charge in [-0.05, 0) is 35.6 Å². The molecule has 0 spiro atoms. The maximum Gasteiger partial charge on any atom is 0.168 e. The summed E-state index contributed by atoms with van der Waals surface area (Å²) in [5.74, 6) is 1.73. The van der Waals surface area contributed by atoms with Gasteiger partial charge in [-0.1, -0.05) is 42.5 Å².